The highest BCUT2D eigenvalue weighted by Gasteiger charge is 2.36. The molecule has 0 bridgehead atoms. The van der Waals surface area contributed by atoms with Crippen molar-refractivity contribution < 1.29 is 22.8 Å². The molecule has 0 aliphatic heterocycles. The summed E-state index contributed by atoms with van der Waals surface area (Å²) < 4.78 is 42.0. The van der Waals surface area contributed by atoms with Gasteiger partial charge in [0.05, 0.1) is 11.3 Å². The van der Waals surface area contributed by atoms with Gasteiger partial charge >= 0.3 is 6.18 Å². The Bertz CT molecular complexity index is 1430. The van der Waals surface area contributed by atoms with E-state index in [1.807, 2.05) is 0 Å². The highest BCUT2D eigenvalue weighted by atomic mass is 32.1. The first-order valence-electron chi connectivity index (χ1n) is 10.5. The summed E-state index contributed by atoms with van der Waals surface area (Å²) in [6, 6.07) is 10.5. The van der Waals surface area contributed by atoms with E-state index in [9.17, 15) is 22.8 Å². The zero-order chi connectivity index (χ0) is 24.0. The van der Waals surface area contributed by atoms with Crippen molar-refractivity contribution in [1.29, 1.82) is 0 Å². The number of benzene rings is 1. The Balaban J connectivity index is 1.56. The Morgan fingerprint density at radius 1 is 1.09 bits per heavy atom. The Morgan fingerprint density at radius 3 is 2.53 bits per heavy atom. The lowest BCUT2D eigenvalue weighted by Gasteiger charge is -2.11. The second-order valence-electron chi connectivity index (χ2n) is 7.92. The number of primary amides is 1. The van der Waals surface area contributed by atoms with Gasteiger partial charge in [-0.15, -0.1) is 11.3 Å². The van der Waals surface area contributed by atoms with Gasteiger partial charge in [0.1, 0.15) is 5.00 Å². The number of fused-ring (bicyclic) bond motifs is 2. The van der Waals surface area contributed by atoms with Gasteiger partial charge in [-0.3, -0.25) is 9.59 Å². The number of amides is 2. The number of aryl methyl sites for hydroxylation is 1. The van der Waals surface area contributed by atoms with Crippen LogP contribution >= 0.6 is 11.3 Å². The van der Waals surface area contributed by atoms with Crippen LogP contribution in [0.5, 0.6) is 0 Å². The van der Waals surface area contributed by atoms with Crippen molar-refractivity contribution in [2.45, 2.75) is 31.9 Å². The predicted octanol–water partition coefficient (Wildman–Crippen LogP) is 4.71. The molecule has 174 valence electrons. The summed E-state index contributed by atoms with van der Waals surface area (Å²) in [5, 5.41) is 6.79. The van der Waals surface area contributed by atoms with E-state index < -0.39 is 23.7 Å². The summed E-state index contributed by atoms with van der Waals surface area (Å²) in [4.78, 5) is 30.3. The molecule has 0 saturated heterocycles. The molecule has 3 heterocycles. The zero-order valence-corrected chi connectivity index (χ0v) is 18.5. The minimum atomic E-state index is -4.73. The lowest BCUT2D eigenvalue weighted by Crippen LogP contribution is -2.19. The van der Waals surface area contributed by atoms with Crippen LogP contribution in [0.25, 0.3) is 16.9 Å². The van der Waals surface area contributed by atoms with Crippen molar-refractivity contribution in [1.82, 2.24) is 14.6 Å². The largest absolute Gasteiger partial charge is 0.433 e. The number of nitrogens with zero attached hydrogens (tertiary/aromatic N) is 3. The summed E-state index contributed by atoms with van der Waals surface area (Å²) in [7, 11) is 0. The molecule has 7 nitrogen and oxygen atoms in total. The minimum absolute atomic E-state index is 0.106. The molecule has 5 rings (SSSR count). The van der Waals surface area contributed by atoms with Crippen molar-refractivity contribution in [3.8, 4) is 11.3 Å². The molecular formula is C23H18F3N5O2S. The normalized spacial score (nSPS) is 13.6. The van der Waals surface area contributed by atoms with Crippen LogP contribution in [0.1, 0.15) is 49.8 Å². The number of rotatable bonds is 4. The molecule has 3 aromatic heterocycles. The third-order valence-electron chi connectivity index (χ3n) is 5.66. The van der Waals surface area contributed by atoms with E-state index in [-0.39, 0.29) is 27.6 Å². The quantitative estimate of drug-likeness (QED) is 0.437. The topological polar surface area (TPSA) is 102 Å². The average Bonchev–Trinajstić information content (AvgIpc) is 3.39. The van der Waals surface area contributed by atoms with E-state index in [0.717, 1.165) is 35.8 Å². The molecule has 0 fully saturated rings. The minimum Gasteiger partial charge on any atom is -0.365 e. The number of nitrogens with one attached hydrogen (secondary N) is 1. The van der Waals surface area contributed by atoms with E-state index in [0.29, 0.717) is 16.5 Å². The number of hydrogen-bond donors (Lipinski definition) is 2. The molecule has 0 radical (unpaired) electrons. The highest BCUT2D eigenvalue weighted by Crippen LogP contribution is 2.38. The maximum absolute atomic E-state index is 13.8. The summed E-state index contributed by atoms with van der Waals surface area (Å²) in [5.41, 5.74) is 5.82. The number of halogens is 3. The molecule has 34 heavy (non-hydrogen) atoms. The van der Waals surface area contributed by atoms with Crippen LogP contribution < -0.4 is 11.1 Å². The van der Waals surface area contributed by atoms with Crippen molar-refractivity contribution in [3.05, 3.63) is 69.9 Å². The maximum atomic E-state index is 13.8. The third-order valence-corrected chi connectivity index (χ3v) is 6.87. The average molecular weight is 485 g/mol. The fraction of sp³-hybridized carbons (Fsp3) is 0.217. The molecule has 1 aromatic carbocycles. The summed E-state index contributed by atoms with van der Waals surface area (Å²) >= 11 is 1.26. The fourth-order valence-electron chi connectivity index (χ4n) is 4.13. The van der Waals surface area contributed by atoms with Crippen LogP contribution in [0.4, 0.5) is 18.2 Å². The van der Waals surface area contributed by atoms with Crippen LogP contribution in [0.2, 0.25) is 0 Å². The second-order valence-corrected chi connectivity index (χ2v) is 9.03. The first-order valence-corrected chi connectivity index (χ1v) is 11.3. The van der Waals surface area contributed by atoms with Crippen molar-refractivity contribution in [2.75, 3.05) is 5.32 Å². The Kier molecular flexibility index (Phi) is 5.35. The Morgan fingerprint density at radius 2 is 1.82 bits per heavy atom. The second kappa shape index (κ2) is 8.24. The molecule has 1 aliphatic rings. The number of alkyl halides is 3. The summed E-state index contributed by atoms with van der Waals surface area (Å²) in [5.74, 6) is -1.40. The van der Waals surface area contributed by atoms with Crippen molar-refractivity contribution in [2.24, 2.45) is 5.73 Å². The molecule has 0 atom stereocenters. The zero-order valence-electron chi connectivity index (χ0n) is 17.6. The van der Waals surface area contributed by atoms with Gasteiger partial charge in [-0.2, -0.15) is 18.3 Å². The Labute approximate surface area is 195 Å². The SMILES string of the molecule is NC(=O)c1c(NC(=O)c2cc3nc(-c4ccccc4)cc(C(F)(F)F)n3n2)sc2c1CCCC2. The molecule has 1 aliphatic carbocycles. The van der Waals surface area contributed by atoms with Crippen molar-refractivity contribution in [3.63, 3.8) is 0 Å². The van der Waals surface area contributed by atoms with Crippen LogP contribution in [-0.2, 0) is 19.0 Å². The predicted molar refractivity (Wildman–Crippen MR) is 121 cm³/mol. The molecule has 4 aromatic rings. The lowest BCUT2D eigenvalue weighted by atomic mass is 9.95. The number of nitrogens with two attached hydrogens (primary N) is 1. The Hall–Kier alpha value is -3.73. The first-order chi connectivity index (χ1) is 16.2. The molecular weight excluding hydrogens is 467 g/mol. The molecule has 3 N–H and O–H groups in total. The van der Waals surface area contributed by atoms with Gasteiger partial charge in [-0.05, 0) is 37.3 Å². The number of carbonyl (C=O) groups is 2. The maximum Gasteiger partial charge on any atom is 0.433 e. The summed E-state index contributed by atoms with van der Waals surface area (Å²) in [6.45, 7) is 0. The molecule has 11 heteroatoms. The van der Waals surface area contributed by atoms with Crippen LogP contribution in [0.15, 0.2) is 42.5 Å². The molecule has 0 spiro atoms. The van der Waals surface area contributed by atoms with E-state index in [1.54, 1.807) is 30.3 Å². The van der Waals surface area contributed by atoms with Gasteiger partial charge in [0.25, 0.3) is 11.8 Å². The van der Waals surface area contributed by atoms with Gasteiger partial charge in [0.15, 0.2) is 17.0 Å². The molecule has 2 amide bonds. The van der Waals surface area contributed by atoms with Gasteiger partial charge in [-0.1, -0.05) is 30.3 Å². The van der Waals surface area contributed by atoms with E-state index in [4.69, 9.17) is 5.73 Å². The van der Waals surface area contributed by atoms with Gasteiger partial charge < -0.3 is 11.1 Å². The van der Waals surface area contributed by atoms with Crippen LogP contribution in [-0.4, -0.2) is 26.4 Å². The number of hydrogen-bond acceptors (Lipinski definition) is 5. The van der Waals surface area contributed by atoms with Crippen LogP contribution in [0, 0.1) is 0 Å². The fourth-order valence-corrected chi connectivity index (χ4v) is 5.42. The number of carbonyl (C=O) groups excluding carboxylic acids is 2. The molecule has 0 saturated carbocycles. The van der Waals surface area contributed by atoms with E-state index >= 15 is 0 Å². The van der Waals surface area contributed by atoms with E-state index in [1.165, 1.54) is 17.4 Å². The number of aromatic nitrogens is 3. The van der Waals surface area contributed by atoms with Crippen LogP contribution in [0.3, 0.4) is 0 Å². The summed E-state index contributed by atoms with van der Waals surface area (Å²) in [6.07, 6.45) is -1.36. The smallest absolute Gasteiger partial charge is 0.365 e. The van der Waals surface area contributed by atoms with Gasteiger partial charge in [0.2, 0.25) is 0 Å². The first kappa shape index (κ1) is 22.1. The van der Waals surface area contributed by atoms with Crippen molar-refractivity contribution >= 4 is 33.8 Å². The standard InChI is InChI=1S/C23H18F3N5O2S/c24-23(25,26)17-10-14(12-6-2-1-3-7-12)28-18-11-15(30-31(17)18)21(33)29-22-19(20(27)32)13-8-4-5-9-16(13)34-22/h1-3,6-7,10-11H,4-5,8-9H2,(H2,27,32)(H,29,33). The van der Waals surface area contributed by atoms with Gasteiger partial charge in [-0.25, -0.2) is 9.50 Å². The number of thiophene rings is 1. The third kappa shape index (κ3) is 3.92. The molecule has 0 unspecified atom stereocenters. The lowest BCUT2D eigenvalue weighted by molar-refractivity contribution is -0.142. The van der Waals surface area contributed by atoms with Gasteiger partial charge in [0, 0.05) is 16.5 Å². The monoisotopic (exact) mass is 485 g/mol. The van der Waals surface area contributed by atoms with E-state index in [2.05, 4.69) is 15.4 Å². The highest BCUT2D eigenvalue weighted by molar-refractivity contribution is 7.17. The number of anilines is 1.